The molecule has 3 aromatic rings. The van der Waals surface area contributed by atoms with Gasteiger partial charge in [0, 0.05) is 55.9 Å². The standard InChI is InChI=1S/C21H22N4O3S/c26-19-13-15(22-21-25(19)10-12-29-21)14-23-6-8-24(9-7-23)20(27)17-5-11-28-18-4-2-1-3-16(17)18/h1-4,10,12-13,17H,5-9,11,14H2. The molecule has 2 aliphatic heterocycles. The van der Waals surface area contributed by atoms with Crippen LogP contribution in [0.15, 0.2) is 46.7 Å². The van der Waals surface area contributed by atoms with Gasteiger partial charge in [0.1, 0.15) is 5.75 Å². The Labute approximate surface area is 172 Å². The third kappa shape index (κ3) is 3.54. The van der Waals surface area contributed by atoms with Crippen LogP contribution in [0.25, 0.3) is 4.96 Å². The summed E-state index contributed by atoms with van der Waals surface area (Å²) in [6.07, 6.45) is 2.47. The van der Waals surface area contributed by atoms with Gasteiger partial charge in [-0.1, -0.05) is 18.2 Å². The van der Waals surface area contributed by atoms with Gasteiger partial charge >= 0.3 is 0 Å². The number of para-hydroxylation sites is 1. The summed E-state index contributed by atoms with van der Waals surface area (Å²) in [6.45, 7) is 4.16. The highest BCUT2D eigenvalue weighted by Crippen LogP contribution is 2.34. The third-order valence-electron chi connectivity index (χ3n) is 5.68. The Morgan fingerprint density at radius 2 is 2.03 bits per heavy atom. The molecule has 1 atom stereocenters. The highest BCUT2D eigenvalue weighted by Gasteiger charge is 2.32. The number of hydrogen-bond acceptors (Lipinski definition) is 6. The van der Waals surface area contributed by atoms with Crippen molar-refractivity contribution in [3.8, 4) is 5.75 Å². The zero-order chi connectivity index (χ0) is 19.8. The van der Waals surface area contributed by atoms with E-state index in [1.807, 2.05) is 34.5 Å². The summed E-state index contributed by atoms with van der Waals surface area (Å²) in [5.74, 6) is 0.906. The van der Waals surface area contributed by atoms with Crippen molar-refractivity contribution in [2.75, 3.05) is 32.8 Å². The van der Waals surface area contributed by atoms with Crippen LogP contribution in [0.4, 0.5) is 0 Å². The van der Waals surface area contributed by atoms with Gasteiger partial charge in [0.25, 0.3) is 5.56 Å². The Morgan fingerprint density at radius 3 is 2.90 bits per heavy atom. The zero-order valence-electron chi connectivity index (χ0n) is 16.0. The van der Waals surface area contributed by atoms with Gasteiger partial charge in [0.15, 0.2) is 4.96 Å². The molecule has 0 radical (unpaired) electrons. The van der Waals surface area contributed by atoms with Crippen molar-refractivity contribution in [2.45, 2.75) is 18.9 Å². The number of rotatable bonds is 3. The molecule has 1 aromatic carbocycles. The van der Waals surface area contributed by atoms with Gasteiger partial charge in [-0.2, -0.15) is 0 Å². The smallest absolute Gasteiger partial charge is 0.258 e. The fourth-order valence-electron chi connectivity index (χ4n) is 4.14. The van der Waals surface area contributed by atoms with Gasteiger partial charge in [0.05, 0.1) is 18.2 Å². The lowest BCUT2D eigenvalue weighted by Gasteiger charge is -2.37. The molecule has 1 amide bonds. The van der Waals surface area contributed by atoms with E-state index in [1.54, 1.807) is 16.7 Å². The molecule has 150 valence electrons. The number of fused-ring (bicyclic) bond motifs is 2. The summed E-state index contributed by atoms with van der Waals surface area (Å²) >= 11 is 1.46. The number of thiazole rings is 1. The highest BCUT2D eigenvalue weighted by molar-refractivity contribution is 7.15. The maximum atomic E-state index is 13.1. The SMILES string of the molecule is O=C(C1CCOc2ccccc21)N1CCN(Cc2cc(=O)n3ccsc3n2)CC1. The van der Waals surface area contributed by atoms with Crippen molar-refractivity contribution in [2.24, 2.45) is 0 Å². The van der Waals surface area contributed by atoms with Crippen molar-refractivity contribution >= 4 is 22.2 Å². The number of carbonyl (C=O) groups is 1. The first-order valence-electron chi connectivity index (χ1n) is 9.88. The fourth-order valence-corrected chi connectivity index (χ4v) is 4.88. The van der Waals surface area contributed by atoms with Crippen LogP contribution < -0.4 is 10.3 Å². The molecule has 1 unspecified atom stereocenters. The molecular weight excluding hydrogens is 388 g/mol. The highest BCUT2D eigenvalue weighted by atomic mass is 32.1. The second-order valence-corrected chi connectivity index (χ2v) is 8.34. The first-order valence-corrected chi connectivity index (χ1v) is 10.8. The van der Waals surface area contributed by atoms with Gasteiger partial charge in [-0.15, -0.1) is 11.3 Å². The average molecular weight is 410 g/mol. The molecule has 0 bridgehead atoms. The molecule has 7 nitrogen and oxygen atoms in total. The van der Waals surface area contributed by atoms with Crippen LogP contribution in [0.5, 0.6) is 5.75 Å². The maximum absolute atomic E-state index is 13.1. The molecule has 0 spiro atoms. The molecule has 5 rings (SSSR count). The van der Waals surface area contributed by atoms with E-state index >= 15 is 0 Å². The molecule has 8 heteroatoms. The molecule has 0 N–H and O–H groups in total. The topological polar surface area (TPSA) is 67.2 Å². The summed E-state index contributed by atoms with van der Waals surface area (Å²) in [5, 5.41) is 1.87. The van der Waals surface area contributed by atoms with Gasteiger partial charge in [-0.3, -0.25) is 18.9 Å². The quantitative estimate of drug-likeness (QED) is 0.660. The van der Waals surface area contributed by atoms with Crippen molar-refractivity contribution in [1.82, 2.24) is 19.2 Å². The first kappa shape index (κ1) is 18.3. The Hall–Kier alpha value is -2.71. The number of aromatic nitrogens is 2. The van der Waals surface area contributed by atoms with Crippen molar-refractivity contribution in [3.63, 3.8) is 0 Å². The van der Waals surface area contributed by atoms with Crippen LogP contribution in [-0.4, -0.2) is 57.9 Å². The van der Waals surface area contributed by atoms with Gasteiger partial charge < -0.3 is 9.64 Å². The predicted molar refractivity (Wildman–Crippen MR) is 110 cm³/mol. The number of carbonyl (C=O) groups excluding carboxylic acids is 1. The van der Waals surface area contributed by atoms with Crippen LogP contribution in [-0.2, 0) is 11.3 Å². The normalized spacial score (nSPS) is 19.7. The molecule has 4 heterocycles. The molecule has 2 aliphatic rings. The zero-order valence-corrected chi connectivity index (χ0v) is 16.8. The Balaban J connectivity index is 1.23. The van der Waals surface area contributed by atoms with E-state index in [0.717, 1.165) is 41.5 Å². The molecule has 0 aliphatic carbocycles. The molecule has 1 fully saturated rings. The summed E-state index contributed by atoms with van der Waals surface area (Å²) in [7, 11) is 0. The largest absolute Gasteiger partial charge is 0.493 e. The first-order chi connectivity index (χ1) is 14.2. The predicted octanol–water partition coefficient (Wildman–Crippen LogP) is 1.97. The van der Waals surface area contributed by atoms with E-state index in [9.17, 15) is 9.59 Å². The summed E-state index contributed by atoms with van der Waals surface area (Å²) < 4.78 is 7.26. The van der Waals surface area contributed by atoms with Crippen LogP contribution in [0, 0.1) is 0 Å². The molecule has 29 heavy (non-hydrogen) atoms. The van der Waals surface area contributed by atoms with Gasteiger partial charge in [0.2, 0.25) is 5.91 Å². The number of piperazine rings is 1. The molecule has 0 saturated carbocycles. The Kier molecular flexibility index (Phi) is 4.81. The van der Waals surface area contributed by atoms with E-state index in [-0.39, 0.29) is 17.4 Å². The van der Waals surface area contributed by atoms with Gasteiger partial charge in [-0.25, -0.2) is 4.98 Å². The van der Waals surface area contributed by atoms with Gasteiger partial charge in [-0.05, 0) is 12.5 Å². The number of nitrogens with zero attached hydrogens (tertiary/aromatic N) is 4. The maximum Gasteiger partial charge on any atom is 0.258 e. The van der Waals surface area contributed by atoms with E-state index < -0.39 is 0 Å². The second kappa shape index (κ2) is 7.61. The minimum absolute atomic E-state index is 0.0433. The average Bonchev–Trinajstić information content (AvgIpc) is 3.23. The summed E-state index contributed by atoms with van der Waals surface area (Å²) in [5.41, 5.74) is 1.74. The number of ether oxygens (including phenoxy) is 1. The van der Waals surface area contributed by atoms with E-state index in [1.165, 1.54) is 11.3 Å². The summed E-state index contributed by atoms with van der Waals surface area (Å²) in [6, 6.07) is 9.45. The van der Waals surface area contributed by atoms with Crippen molar-refractivity contribution < 1.29 is 9.53 Å². The van der Waals surface area contributed by atoms with Crippen molar-refractivity contribution in [3.05, 3.63) is 63.5 Å². The van der Waals surface area contributed by atoms with E-state index in [2.05, 4.69) is 9.88 Å². The van der Waals surface area contributed by atoms with E-state index in [4.69, 9.17) is 4.74 Å². The number of amides is 1. The Morgan fingerprint density at radius 1 is 1.21 bits per heavy atom. The molecule has 1 saturated heterocycles. The van der Waals surface area contributed by atoms with Crippen molar-refractivity contribution in [1.29, 1.82) is 0 Å². The summed E-state index contributed by atoms with van der Waals surface area (Å²) in [4.78, 5) is 34.8. The second-order valence-electron chi connectivity index (χ2n) is 7.47. The van der Waals surface area contributed by atoms with Crippen LogP contribution in [0.1, 0.15) is 23.6 Å². The number of hydrogen-bond donors (Lipinski definition) is 0. The monoisotopic (exact) mass is 410 g/mol. The van der Waals surface area contributed by atoms with Crippen LogP contribution in [0.2, 0.25) is 0 Å². The minimum atomic E-state index is -0.116. The van der Waals surface area contributed by atoms with E-state index in [0.29, 0.717) is 26.2 Å². The fraction of sp³-hybridized carbons (Fsp3) is 0.381. The minimum Gasteiger partial charge on any atom is -0.493 e. The van der Waals surface area contributed by atoms with Crippen LogP contribution >= 0.6 is 11.3 Å². The number of benzene rings is 1. The lowest BCUT2D eigenvalue weighted by Crippen LogP contribution is -2.50. The van der Waals surface area contributed by atoms with Crippen LogP contribution in [0.3, 0.4) is 0 Å². The molecule has 2 aromatic heterocycles. The molecular formula is C21H22N4O3S. The third-order valence-corrected chi connectivity index (χ3v) is 6.44. The lowest BCUT2D eigenvalue weighted by atomic mass is 9.91. The lowest BCUT2D eigenvalue weighted by molar-refractivity contribution is -0.135. The Bertz CT molecular complexity index is 1100.